The molecule has 0 aliphatic heterocycles. The molecular weight excluding hydrogens is 468 g/mol. The van der Waals surface area contributed by atoms with Crippen LogP contribution in [0.3, 0.4) is 0 Å². The van der Waals surface area contributed by atoms with Gasteiger partial charge in [0, 0.05) is 23.9 Å². The van der Waals surface area contributed by atoms with E-state index in [1.807, 2.05) is 49.6 Å². The molecule has 0 spiro atoms. The Morgan fingerprint density at radius 2 is 1.74 bits per heavy atom. The van der Waals surface area contributed by atoms with E-state index >= 15 is 0 Å². The zero-order valence-electron chi connectivity index (χ0n) is 21.2. The van der Waals surface area contributed by atoms with Crippen molar-refractivity contribution in [3.05, 3.63) is 46.2 Å². The van der Waals surface area contributed by atoms with E-state index in [0.717, 1.165) is 10.4 Å². The summed E-state index contributed by atoms with van der Waals surface area (Å²) >= 11 is 1.59. The fraction of sp³-hybridized carbons (Fsp3) is 0.500. The van der Waals surface area contributed by atoms with Crippen LogP contribution in [0.25, 0.3) is 0 Å². The Morgan fingerprint density at radius 3 is 2.34 bits per heavy atom. The van der Waals surface area contributed by atoms with Crippen molar-refractivity contribution >= 4 is 29.1 Å². The molecule has 2 rings (SSSR count). The van der Waals surface area contributed by atoms with Gasteiger partial charge in [-0.25, -0.2) is 0 Å². The van der Waals surface area contributed by atoms with Gasteiger partial charge in [-0.05, 0) is 56.3 Å². The van der Waals surface area contributed by atoms with Crippen molar-refractivity contribution in [1.82, 2.24) is 9.80 Å². The number of thiophene rings is 1. The van der Waals surface area contributed by atoms with Gasteiger partial charge in [-0.15, -0.1) is 11.3 Å². The molecule has 1 aromatic heterocycles. The van der Waals surface area contributed by atoms with Crippen molar-refractivity contribution in [2.45, 2.75) is 52.6 Å². The Balaban J connectivity index is 2.11. The Bertz CT molecular complexity index is 961. The summed E-state index contributed by atoms with van der Waals surface area (Å²) in [6.07, 6.45) is 0.638. The number of carbonyl (C=O) groups excluding carboxylic acids is 3. The van der Waals surface area contributed by atoms with Crippen LogP contribution in [0.1, 0.15) is 44.1 Å². The molecule has 0 bridgehead atoms. The Kier molecular flexibility index (Phi) is 11.6. The number of carbonyl (C=O) groups is 3. The van der Waals surface area contributed by atoms with Crippen molar-refractivity contribution < 1.29 is 28.6 Å². The fourth-order valence-electron chi connectivity index (χ4n) is 3.57. The van der Waals surface area contributed by atoms with Crippen LogP contribution in [0.2, 0.25) is 0 Å². The maximum absolute atomic E-state index is 13.4. The lowest BCUT2D eigenvalue weighted by Gasteiger charge is -2.30. The van der Waals surface area contributed by atoms with Crippen molar-refractivity contribution in [3.8, 4) is 11.5 Å². The number of amides is 2. The van der Waals surface area contributed by atoms with Gasteiger partial charge in [0.1, 0.15) is 0 Å². The lowest BCUT2D eigenvalue weighted by Crippen LogP contribution is -2.46. The van der Waals surface area contributed by atoms with Crippen LogP contribution < -0.4 is 9.47 Å². The largest absolute Gasteiger partial charge is 0.493 e. The highest BCUT2D eigenvalue weighted by molar-refractivity contribution is 7.09. The first-order chi connectivity index (χ1) is 16.8. The average Bonchev–Trinajstić information content (AvgIpc) is 3.36. The zero-order valence-corrected chi connectivity index (χ0v) is 22.1. The first-order valence-electron chi connectivity index (χ1n) is 11.7. The summed E-state index contributed by atoms with van der Waals surface area (Å²) in [5, 5.41) is 1.98. The van der Waals surface area contributed by atoms with Gasteiger partial charge in [0.2, 0.25) is 11.8 Å². The van der Waals surface area contributed by atoms with E-state index in [9.17, 15) is 14.4 Å². The summed E-state index contributed by atoms with van der Waals surface area (Å²) in [5.41, 5.74) is 1.01. The second-order valence-corrected chi connectivity index (χ2v) is 9.29. The van der Waals surface area contributed by atoms with E-state index in [1.54, 1.807) is 37.4 Å². The van der Waals surface area contributed by atoms with Crippen molar-refractivity contribution in [2.75, 3.05) is 33.9 Å². The van der Waals surface area contributed by atoms with E-state index in [0.29, 0.717) is 31.0 Å². The van der Waals surface area contributed by atoms with E-state index in [-0.39, 0.29) is 43.8 Å². The normalized spacial score (nSPS) is 10.7. The fourth-order valence-corrected chi connectivity index (χ4v) is 4.29. The van der Waals surface area contributed by atoms with Crippen molar-refractivity contribution in [2.24, 2.45) is 0 Å². The summed E-state index contributed by atoms with van der Waals surface area (Å²) < 4.78 is 15.6. The molecule has 0 aliphatic rings. The van der Waals surface area contributed by atoms with Crippen LogP contribution in [0, 0.1) is 0 Å². The predicted octanol–water partition coefficient (Wildman–Crippen LogP) is 3.92. The van der Waals surface area contributed by atoms with E-state index in [1.165, 1.54) is 4.90 Å². The Hall–Kier alpha value is -3.07. The molecular formula is C26H36N2O6S. The van der Waals surface area contributed by atoms with Gasteiger partial charge in [-0.2, -0.15) is 0 Å². The second-order valence-electron chi connectivity index (χ2n) is 8.25. The standard InChI is InChI=1S/C26H36N2O6S/c1-6-34-26(31)12-11-24(29)28(19(2)3)18-25(30)27(17-21-8-7-15-35-21)14-13-20-9-10-22(32-4)23(16-20)33-5/h7-10,15-16,19H,6,11-14,17-18H2,1-5H3. The first kappa shape index (κ1) is 28.2. The molecule has 0 saturated carbocycles. The van der Waals surface area contributed by atoms with Gasteiger partial charge < -0.3 is 24.0 Å². The minimum Gasteiger partial charge on any atom is -0.493 e. The number of hydrogen-bond acceptors (Lipinski definition) is 7. The summed E-state index contributed by atoms with van der Waals surface area (Å²) in [4.78, 5) is 42.2. The third-order valence-electron chi connectivity index (χ3n) is 5.50. The highest BCUT2D eigenvalue weighted by Crippen LogP contribution is 2.28. The van der Waals surface area contributed by atoms with Gasteiger partial charge in [-0.3, -0.25) is 14.4 Å². The van der Waals surface area contributed by atoms with Gasteiger partial charge >= 0.3 is 5.97 Å². The number of methoxy groups -OCH3 is 2. The molecule has 0 atom stereocenters. The van der Waals surface area contributed by atoms with E-state index in [4.69, 9.17) is 14.2 Å². The van der Waals surface area contributed by atoms with Crippen LogP contribution in [-0.4, -0.2) is 67.5 Å². The summed E-state index contributed by atoms with van der Waals surface area (Å²) in [5.74, 6) is 0.496. The molecule has 9 heteroatoms. The number of benzene rings is 1. The SMILES string of the molecule is CCOC(=O)CCC(=O)N(CC(=O)N(CCc1ccc(OC)c(OC)c1)Cc1cccs1)C(C)C. The summed E-state index contributed by atoms with van der Waals surface area (Å²) in [6, 6.07) is 9.48. The van der Waals surface area contributed by atoms with E-state index < -0.39 is 5.97 Å². The molecule has 1 aromatic carbocycles. The molecule has 0 N–H and O–H groups in total. The molecule has 8 nitrogen and oxygen atoms in total. The lowest BCUT2D eigenvalue weighted by molar-refractivity contribution is -0.147. The Morgan fingerprint density at radius 1 is 1.00 bits per heavy atom. The van der Waals surface area contributed by atoms with Crippen molar-refractivity contribution in [3.63, 3.8) is 0 Å². The third kappa shape index (κ3) is 8.90. The van der Waals surface area contributed by atoms with Crippen molar-refractivity contribution in [1.29, 1.82) is 0 Å². The minimum atomic E-state index is -0.412. The lowest BCUT2D eigenvalue weighted by atomic mass is 10.1. The molecule has 0 fully saturated rings. The third-order valence-corrected chi connectivity index (χ3v) is 6.36. The maximum Gasteiger partial charge on any atom is 0.306 e. The van der Waals surface area contributed by atoms with Gasteiger partial charge in [0.25, 0.3) is 0 Å². The van der Waals surface area contributed by atoms with Gasteiger partial charge in [0.15, 0.2) is 11.5 Å². The molecule has 35 heavy (non-hydrogen) atoms. The highest BCUT2D eigenvalue weighted by Gasteiger charge is 2.24. The average molecular weight is 505 g/mol. The van der Waals surface area contributed by atoms with Crippen LogP contribution >= 0.6 is 11.3 Å². The van der Waals surface area contributed by atoms with Crippen LogP contribution in [0.4, 0.5) is 0 Å². The number of rotatable bonds is 14. The predicted molar refractivity (Wildman–Crippen MR) is 136 cm³/mol. The number of ether oxygens (including phenoxy) is 3. The quantitative estimate of drug-likeness (QED) is 0.363. The van der Waals surface area contributed by atoms with Gasteiger partial charge in [-0.1, -0.05) is 12.1 Å². The summed E-state index contributed by atoms with van der Waals surface area (Å²) in [6.45, 7) is 6.63. The van der Waals surface area contributed by atoms with E-state index in [2.05, 4.69) is 0 Å². The second kappa shape index (κ2) is 14.4. The van der Waals surface area contributed by atoms with Crippen LogP contribution in [-0.2, 0) is 32.1 Å². The highest BCUT2D eigenvalue weighted by atomic mass is 32.1. The number of esters is 1. The molecule has 1 heterocycles. The maximum atomic E-state index is 13.4. The molecule has 0 aliphatic carbocycles. The van der Waals surface area contributed by atoms with Crippen LogP contribution in [0.15, 0.2) is 35.7 Å². The number of hydrogen-bond donors (Lipinski definition) is 0. The smallest absolute Gasteiger partial charge is 0.306 e. The molecule has 0 unspecified atom stereocenters. The molecule has 0 radical (unpaired) electrons. The monoisotopic (exact) mass is 504 g/mol. The first-order valence-corrected chi connectivity index (χ1v) is 12.6. The van der Waals surface area contributed by atoms with Crippen LogP contribution in [0.5, 0.6) is 11.5 Å². The molecule has 0 saturated heterocycles. The molecule has 192 valence electrons. The minimum absolute atomic E-state index is 0.00228. The molecule has 2 amide bonds. The number of nitrogens with zero attached hydrogens (tertiary/aromatic N) is 2. The zero-order chi connectivity index (χ0) is 25.8. The van der Waals surface area contributed by atoms with Gasteiger partial charge in [0.05, 0.1) is 40.3 Å². The topological polar surface area (TPSA) is 85.4 Å². The molecule has 2 aromatic rings. The Labute approximate surface area is 211 Å². The summed E-state index contributed by atoms with van der Waals surface area (Å²) in [7, 11) is 3.18.